The zero-order valence-corrected chi connectivity index (χ0v) is 23.8. The van der Waals surface area contributed by atoms with E-state index in [9.17, 15) is 9.59 Å². The van der Waals surface area contributed by atoms with Crippen LogP contribution < -0.4 is 29.1 Å². The summed E-state index contributed by atoms with van der Waals surface area (Å²) in [5, 5.41) is 1.87. The van der Waals surface area contributed by atoms with Crippen molar-refractivity contribution < 1.29 is 23.7 Å². The standard InChI is InChI=1S/C31H30N2O6S/c1-6-38-21-12-9-20(10-13-21)28-27(30(35)39-7-2)18(3)32-31-33(28)29(34)26(40-31)17-24-23-16-22(36-4)14-8-19(23)11-15-25(24)37-5/h8-17,28H,6-7H2,1-5H3/b26-17+/t28-/m0/s1. The van der Waals surface area contributed by atoms with E-state index in [0.29, 0.717) is 44.5 Å². The second-order valence-corrected chi connectivity index (χ2v) is 10.1. The molecular formula is C31H30N2O6S. The molecule has 5 rings (SSSR count). The average Bonchev–Trinajstić information content (AvgIpc) is 3.26. The zero-order chi connectivity index (χ0) is 28.4. The minimum Gasteiger partial charge on any atom is -0.497 e. The van der Waals surface area contributed by atoms with E-state index in [1.807, 2.05) is 67.6 Å². The Morgan fingerprint density at radius 1 is 1.00 bits per heavy atom. The van der Waals surface area contributed by atoms with Crippen LogP contribution in [0.4, 0.5) is 0 Å². The number of benzene rings is 3. The number of carbonyl (C=O) groups excluding carboxylic acids is 1. The number of methoxy groups -OCH3 is 2. The summed E-state index contributed by atoms with van der Waals surface area (Å²) in [6.07, 6.45) is 1.82. The third kappa shape index (κ3) is 4.88. The summed E-state index contributed by atoms with van der Waals surface area (Å²) < 4.78 is 24.2. The van der Waals surface area contributed by atoms with Crippen LogP contribution >= 0.6 is 11.3 Å². The van der Waals surface area contributed by atoms with E-state index in [4.69, 9.17) is 18.9 Å². The van der Waals surface area contributed by atoms with Crippen LogP contribution in [0.5, 0.6) is 17.2 Å². The van der Waals surface area contributed by atoms with Gasteiger partial charge in [-0.25, -0.2) is 9.79 Å². The van der Waals surface area contributed by atoms with E-state index in [2.05, 4.69) is 4.99 Å². The molecule has 9 heteroatoms. The van der Waals surface area contributed by atoms with E-state index in [1.165, 1.54) is 11.3 Å². The minimum atomic E-state index is -0.706. The average molecular weight is 559 g/mol. The second-order valence-electron chi connectivity index (χ2n) is 9.07. The predicted octanol–water partition coefficient (Wildman–Crippen LogP) is 4.37. The molecule has 0 bridgehead atoms. The van der Waals surface area contributed by atoms with Crippen molar-refractivity contribution in [1.29, 1.82) is 0 Å². The lowest BCUT2D eigenvalue weighted by Gasteiger charge is -2.24. The highest BCUT2D eigenvalue weighted by Crippen LogP contribution is 2.33. The highest BCUT2D eigenvalue weighted by molar-refractivity contribution is 7.07. The Balaban J connectivity index is 1.75. The molecule has 0 aliphatic carbocycles. The van der Waals surface area contributed by atoms with Gasteiger partial charge in [0.15, 0.2) is 4.80 Å². The molecule has 0 amide bonds. The van der Waals surface area contributed by atoms with Crippen LogP contribution in [0, 0.1) is 0 Å². The molecule has 0 fully saturated rings. The molecule has 0 unspecified atom stereocenters. The Morgan fingerprint density at radius 3 is 2.40 bits per heavy atom. The van der Waals surface area contributed by atoms with Crippen molar-refractivity contribution in [3.05, 3.63) is 96.7 Å². The second kappa shape index (κ2) is 11.4. The molecule has 4 aromatic rings. The molecule has 0 radical (unpaired) electrons. The SMILES string of the molecule is CCOC(=O)C1=C(C)N=c2s/c(=C/c3c(OC)ccc4ccc(OC)cc34)c(=O)n2[C@H]1c1ccc(OCC)cc1. The van der Waals surface area contributed by atoms with Crippen LogP contribution in [-0.2, 0) is 9.53 Å². The van der Waals surface area contributed by atoms with Gasteiger partial charge in [0, 0.05) is 5.56 Å². The van der Waals surface area contributed by atoms with E-state index in [-0.39, 0.29) is 12.2 Å². The van der Waals surface area contributed by atoms with Gasteiger partial charge >= 0.3 is 5.97 Å². The molecule has 1 atom stereocenters. The molecule has 0 saturated carbocycles. The van der Waals surface area contributed by atoms with Gasteiger partial charge in [0.05, 0.1) is 49.3 Å². The Morgan fingerprint density at radius 2 is 1.73 bits per heavy atom. The minimum absolute atomic E-state index is 0.209. The molecule has 1 aromatic heterocycles. The first-order valence-electron chi connectivity index (χ1n) is 13.0. The fourth-order valence-corrected chi connectivity index (χ4v) is 5.94. The number of aromatic nitrogens is 1. The maximum Gasteiger partial charge on any atom is 0.338 e. The van der Waals surface area contributed by atoms with Gasteiger partial charge in [-0.15, -0.1) is 0 Å². The number of rotatable bonds is 8. The summed E-state index contributed by atoms with van der Waals surface area (Å²) in [6, 6.07) is 16.3. The van der Waals surface area contributed by atoms with Gasteiger partial charge in [-0.2, -0.15) is 0 Å². The molecule has 2 heterocycles. The van der Waals surface area contributed by atoms with Gasteiger partial charge in [-0.05, 0) is 73.5 Å². The molecule has 0 N–H and O–H groups in total. The van der Waals surface area contributed by atoms with Crippen molar-refractivity contribution in [2.24, 2.45) is 4.99 Å². The van der Waals surface area contributed by atoms with Gasteiger partial charge in [-0.3, -0.25) is 9.36 Å². The fraction of sp³-hybridized carbons (Fsp3) is 0.258. The van der Waals surface area contributed by atoms with Crippen LogP contribution in [0.2, 0.25) is 0 Å². The first kappa shape index (κ1) is 27.2. The molecular weight excluding hydrogens is 528 g/mol. The quantitative estimate of drug-likeness (QED) is 0.299. The lowest BCUT2D eigenvalue weighted by atomic mass is 9.96. The molecule has 8 nitrogen and oxygen atoms in total. The number of thiazole rings is 1. The van der Waals surface area contributed by atoms with Crippen LogP contribution in [0.3, 0.4) is 0 Å². The normalized spacial score (nSPS) is 15.0. The van der Waals surface area contributed by atoms with E-state index < -0.39 is 12.0 Å². The van der Waals surface area contributed by atoms with Crippen molar-refractivity contribution >= 4 is 34.2 Å². The number of nitrogens with zero attached hydrogens (tertiary/aromatic N) is 2. The number of hydrogen-bond donors (Lipinski definition) is 0. The van der Waals surface area contributed by atoms with Crippen LogP contribution in [0.25, 0.3) is 16.8 Å². The summed E-state index contributed by atoms with van der Waals surface area (Å²) in [7, 11) is 3.21. The Hall–Kier alpha value is -4.37. The number of hydrogen-bond acceptors (Lipinski definition) is 8. The smallest absolute Gasteiger partial charge is 0.338 e. The van der Waals surface area contributed by atoms with Crippen LogP contribution in [0.1, 0.15) is 37.9 Å². The number of ether oxygens (including phenoxy) is 4. The number of esters is 1. The summed E-state index contributed by atoms with van der Waals surface area (Å²) in [4.78, 5) is 32.4. The highest BCUT2D eigenvalue weighted by atomic mass is 32.1. The number of fused-ring (bicyclic) bond motifs is 2. The molecule has 1 aliphatic heterocycles. The molecule has 0 spiro atoms. The Bertz CT molecular complexity index is 1800. The lowest BCUT2D eigenvalue weighted by Crippen LogP contribution is -2.39. The predicted molar refractivity (Wildman–Crippen MR) is 155 cm³/mol. The van der Waals surface area contributed by atoms with E-state index >= 15 is 0 Å². The Kier molecular flexibility index (Phi) is 7.75. The van der Waals surface area contributed by atoms with Gasteiger partial charge in [0.2, 0.25) is 0 Å². The van der Waals surface area contributed by atoms with Crippen LogP contribution in [-0.4, -0.2) is 38.0 Å². The summed E-state index contributed by atoms with van der Waals surface area (Å²) >= 11 is 1.27. The van der Waals surface area contributed by atoms with E-state index in [1.54, 1.807) is 32.6 Å². The van der Waals surface area contributed by atoms with Gasteiger partial charge < -0.3 is 18.9 Å². The van der Waals surface area contributed by atoms with Gasteiger partial charge in [-0.1, -0.05) is 35.6 Å². The maximum atomic E-state index is 14.1. The largest absolute Gasteiger partial charge is 0.497 e. The molecule has 3 aromatic carbocycles. The van der Waals surface area contributed by atoms with Gasteiger partial charge in [0.1, 0.15) is 17.2 Å². The first-order valence-corrected chi connectivity index (χ1v) is 13.8. The summed E-state index contributed by atoms with van der Waals surface area (Å²) in [5.74, 6) is 1.52. The first-order chi connectivity index (χ1) is 19.4. The molecule has 40 heavy (non-hydrogen) atoms. The fourth-order valence-electron chi connectivity index (χ4n) is 4.91. The van der Waals surface area contributed by atoms with Crippen molar-refractivity contribution in [3.8, 4) is 17.2 Å². The van der Waals surface area contributed by atoms with Crippen molar-refractivity contribution in [2.75, 3.05) is 27.4 Å². The third-order valence-corrected chi connectivity index (χ3v) is 7.73. The highest BCUT2D eigenvalue weighted by Gasteiger charge is 2.33. The number of allylic oxidation sites excluding steroid dienone is 1. The van der Waals surface area contributed by atoms with Crippen molar-refractivity contribution in [3.63, 3.8) is 0 Å². The summed E-state index contributed by atoms with van der Waals surface area (Å²) in [5.41, 5.74) is 2.08. The molecule has 206 valence electrons. The molecule has 0 saturated heterocycles. The lowest BCUT2D eigenvalue weighted by molar-refractivity contribution is -0.139. The zero-order valence-electron chi connectivity index (χ0n) is 23.0. The Labute approximate surface area is 235 Å². The van der Waals surface area contributed by atoms with Gasteiger partial charge in [0.25, 0.3) is 5.56 Å². The van der Waals surface area contributed by atoms with Crippen molar-refractivity contribution in [1.82, 2.24) is 4.57 Å². The maximum absolute atomic E-state index is 14.1. The molecule has 1 aliphatic rings. The monoisotopic (exact) mass is 558 g/mol. The number of carbonyl (C=O) groups is 1. The summed E-state index contributed by atoms with van der Waals surface area (Å²) in [6.45, 7) is 6.18. The van der Waals surface area contributed by atoms with E-state index in [0.717, 1.165) is 21.9 Å². The van der Waals surface area contributed by atoms with Crippen LogP contribution in [0.15, 0.2) is 75.7 Å². The van der Waals surface area contributed by atoms with Crippen molar-refractivity contribution in [2.45, 2.75) is 26.8 Å². The topological polar surface area (TPSA) is 88.4 Å². The third-order valence-electron chi connectivity index (χ3n) is 6.75.